The molecule has 0 amide bonds. The van der Waals surface area contributed by atoms with Crippen LogP contribution < -0.4 is 5.73 Å². The summed E-state index contributed by atoms with van der Waals surface area (Å²) >= 11 is 3.35. The Labute approximate surface area is 86.6 Å². The van der Waals surface area contributed by atoms with E-state index in [9.17, 15) is 9.59 Å². The fraction of sp³-hybridized carbons (Fsp3) is 0.600. The fourth-order valence-corrected chi connectivity index (χ4v) is 0.980. The zero-order chi connectivity index (χ0) is 9.56. The fourth-order valence-electron chi connectivity index (χ4n) is 0.505. The van der Waals surface area contributed by atoms with Crippen LogP contribution in [0.4, 0.5) is 0 Å². The summed E-state index contributed by atoms with van der Waals surface area (Å²) in [5.74, 6) is -0.961. The molecule has 0 saturated heterocycles. The normalized spacial score (nSPS) is 11.9. The number of hydrogen-bond donors (Lipinski definition) is 1. The van der Waals surface area contributed by atoms with Gasteiger partial charge in [0.15, 0.2) is 0 Å². The van der Waals surface area contributed by atoms with Gasteiger partial charge in [-0.25, -0.2) is 0 Å². The topological polar surface area (TPSA) is 78.6 Å². The molecule has 0 aliphatic heterocycles. The molecule has 0 bridgehead atoms. The summed E-state index contributed by atoms with van der Waals surface area (Å²) in [6.45, 7) is 0. The molecule has 12 heavy (non-hydrogen) atoms. The second-order valence-electron chi connectivity index (χ2n) is 2.02. The Bertz CT molecular complexity index is 175. The van der Waals surface area contributed by atoms with Gasteiger partial charge in [0.1, 0.15) is 0 Å². The van der Waals surface area contributed by atoms with Crippen molar-refractivity contribution in [2.24, 2.45) is 5.73 Å². The van der Waals surface area contributed by atoms with Gasteiger partial charge in [0.05, 0.1) is 0 Å². The van der Waals surface area contributed by atoms with Crippen molar-refractivity contribution in [1.82, 2.24) is 0 Å². The first-order valence-corrected chi connectivity index (χ1v) is 4.60. The molecule has 0 unspecified atom stereocenters. The summed E-state index contributed by atoms with van der Waals surface area (Å²) < 4.78 is 8.60. The summed E-state index contributed by atoms with van der Waals surface area (Å²) in [7, 11) is 0. The van der Waals surface area contributed by atoms with Crippen LogP contribution in [0.5, 0.6) is 0 Å². The van der Waals surface area contributed by atoms with E-state index in [0.29, 0.717) is 0 Å². The van der Waals surface area contributed by atoms with Crippen molar-refractivity contribution in [1.29, 1.82) is 0 Å². The van der Waals surface area contributed by atoms with Crippen molar-refractivity contribution < 1.29 is 17.2 Å². The number of rotatable bonds is 4. The summed E-state index contributed by atoms with van der Waals surface area (Å²) in [4.78, 5) is 21.3. The molecule has 0 heterocycles. The predicted octanol–water partition coefficient (Wildman–Crippen LogP) is -2.19. The van der Waals surface area contributed by atoms with Crippen molar-refractivity contribution in [2.45, 2.75) is 18.9 Å². The van der Waals surface area contributed by atoms with Crippen LogP contribution in [0.25, 0.3) is 0 Å². The molecular formula is C5H9NO4Se2. The van der Waals surface area contributed by atoms with Gasteiger partial charge in [-0.05, 0) is 0 Å². The average molecular weight is 305 g/mol. The second-order valence-corrected chi connectivity index (χ2v) is 2.78. The maximum atomic E-state index is 10.7. The molecule has 0 radical (unpaired) electrons. The Kier molecular flexibility index (Phi) is 6.42. The minimum atomic E-state index is -0.764. The first kappa shape index (κ1) is 11.9. The van der Waals surface area contributed by atoms with Crippen LogP contribution in [0.2, 0.25) is 0 Å². The minimum absolute atomic E-state index is 0.109. The van der Waals surface area contributed by atoms with Gasteiger partial charge in [-0.15, -0.1) is 0 Å². The first-order valence-electron chi connectivity index (χ1n) is 3.07. The third-order valence-corrected chi connectivity index (χ3v) is 1.96. The summed E-state index contributed by atoms with van der Waals surface area (Å²) in [6.07, 6.45) is 0.338. The summed E-state index contributed by atoms with van der Waals surface area (Å²) in [5.41, 5.74) is 5.33. The molecule has 0 aromatic carbocycles. The van der Waals surface area contributed by atoms with Crippen molar-refractivity contribution in [3.05, 3.63) is 0 Å². The standard InChI is InChI=1S/C5H9NO4Se2/c6-3(5(8)10-12)1-2-4(7)9-11/h3,11-12H,1-2,6H2/t3-/m0/s1. The number of carbonyl (C=O) groups excluding carboxylic acids is 2. The van der Waals surface area contributed by atoms with Gasteiger partial charge in [-0.2, -0.15) is 0 Å². The van der Waals surface area contributed by atoms with Crippen molar-refractivity contribution in [2.75, 3.05) is 0 Å². The summed E-state index contributed by atoms with van der Waals surface area (Å²) in [5, 5.41) is 0. The van der Waals surface area contributed by atoms with Gasteiger partial charge in [0.25, 0.3) is 0 Å². The zero-order valence-electron chi connectivity index (χ0n) is 6.10. The van der Waals surface area contributed by atoms with Gasteiger partial charge < -0.3 is 0 Å². The van der Waals surface area contributed by atoms with Gasteiger partial charge in [-0.3, -0.25) is 0 Å². The second kappa shape index (κ2) is 6.45. The molecule has 2 N–H and O–H groups in total. The monoisotopic (exact) mass is 307 g/mol. The maximum absolute atomic E-state index is 10.7. The van der Waals surface area contributed by atoms with E-state index in [1.165, 1.54) is 0 Å². The molecule has 0 spiro atoms. The summed E-state index contributed by atoms with van der Waals surface area (Å²) in [6, 6.07) is -0.764. The van der Waals surface area contributed by atoms with E-state index in [1.54, 1.807) is 32.7 Å². The van der Waals surface area contributed by atoms with E-state index in [-0.39, 0.29) is 12.8 Å². The first-order chi connectivity index (χ1) is 5.61. The van der Waals surface area contributed by atoms with E-state index >= 15 is 0 Å². The third-order valence-electron chi connectivity index (χ3n) is 1.15. The van der Waals surface area contributed by atoms with Crippen molar-refractivity contribution >= 4 is 44.6 Å². The van der Waals surface area contributed by atoms with E-state index in [2.05, 4.69) is 7.64 Å². The van der Waals surface area contributed by atoms with Crippen LogP contribution in [0, 0.1) is 0 Å². The number of carbonyl (C=O) groups is 2. The van der Waals surface area contributed by atoms with Crippen LogP contribution in [0.1, 0.15) is 12.8 Å². The van der Waals surface area contributed by atoms with Crippen LogP contribution in [-0.4, -0.2) is 50.7 Å². The third kappa shape index (κ3) is 4.74. The Morgan fingerprint density at radius 2 is 1.92 bits per heavy atom. The number of nitrogens with two attached hydrogens (primary N) is 1. The average Bonchev–Trinajstić information content (AvgIpc) is 2.11. The van der Waals surface area contributed by atoms with E-state index in [1.807, 2.05) is 0 Å². The molecule has 0 aliphatic carbocycles. The Balaban J connectivity index is 3.63. The molecule has 0 aliphatic rings. The molecule has 0 rings (SSSR count). The van der Waals surface area contributed by atoms with Crippen LogP contribution in [-0.2, 0) is 17.2 Å². The van der Waals surface area contributed by atoms with Gasteiger partial charge in [-0.1, -0.05) is 0 Å². The number of hydrogen-bond acceptors (Lipinski definition) is 5. The Hall–Kier alpha value is -0.0610. The SMILES string of the molecule is N[C@@H](CCC(=O)O[SeH])C(=O)O[SeH]. The molecule has 0 aromatic heterocycles. The molecule has 0 fully saturated rings. The molecule has 70 valence electrons. The van der Waals surface area contributed by atoms with E-state index in [0.717, 1.165) is 0 Å². The predicted molar refractivity (Wildman–Crippen MR) is 43.7 cm³/mol. The van der Waals surface area contributed by atoms with Crippen molar-refractivity contribution in [3.8, 4) is 0 Å². The van der Waals surface area contributed by atoms with Crippen LogP contribution in [0.15, 0.2) is 0 Å². The Morgan fingerprint density at radius 1 is 1.33 bits per heavy atom. The quantitative estimate of drug-likeness (QED) is 0.597. The van der Waals surface area contributed by atoms with Gasteiger partial charge >= 0.3 is 86.5 Å². The van der Waals surface area contributed by atoms with Crippen LogP contribution in [0.3, 0.4) is 0 Å². The zero-order valence-corrected chi connectivity index (χ0v) is 9.85. The molecular weight excluding hydrogens is 296 g/mol. The van der Waals surface area contributed by atoms with Gasteiger partial charge in [0.2, 0.25) is 0 Å². The molecule has 0 saturated carbocycles. The molecule has 7 heteroatoms. The molecule has 0 aromatic rings. The van der Waals surface area contributed by atoms with E-state index in [4.69, 9.17) is 5.73 Å². The van der Waals surface area contributed by atoms with E-state index < -0.39 is 18.0 Å². The molecule has 1 atom stereocenters. The van der Waals surface area contributed by atoms with Crippen molar-refractivity contribution in [3.63, 3.8) is 0 Å². The molecule has 5 nitrogen and oxygen atoms in total. The van der Waals surface area contributed by atoms with Gasteiger partial charge in [0, 0.05) is 0 Å². The Morgan fingerprint density at radius 3 is 2.33 bits per heavy atom. The van der Waals surface area contributed by atoms with Crippen LogP contribution >= 0.6 is 0 Å².